The van der Waals surface area contributed by atoms with Crippen LogP contribution in [-0.4, -0.2) is 25.7 Å². The third kappa shape index (κ3) is 6.27. The summed E-state index contributed by atoms with van der Waals surface area (Å²) in [7, 11) is 0. The van der Waals surface area contributed by atoms with Gasteiger partial charge in [0.2, 0.25) is 0 Å². The molecule has 1 aliphatic heterocycles. The van der Waals surface area contributed by atoms with Crippen molar-refractivity contribution in [1.29, 1.82) is 0 Å². The minimum Gasteiger partial charge on any atom is -0.315 e. The van der Waals surface area contributed by atoms with E-state index in [1.165, 1.54) is 45.1 Å². The fraction of sp³-hybridized carbons (Fsp3) is 1.00. The molecule has 0 radical (unpaired) electrons. The summed E-state index contributed by atoms with van der Waals surface area (Å²) in [5.41, 5.74) is 0.881. The second-order valence-electron chi connectivity index (χ2n) is 7.85. The summed E-state index contributed by atoms with van der Waals surface area (Å²) in [6.07, 6.45) is 8.09. The van der Waals surface area contributed by atoms with Crippen molar-refractivity contribution in [2.45, 2.75) is 79.2 Å². The summed E-state index contributed by atoms with van der Waals surface area (Å²) in [4.78, 5) is 0. The van der Waals surface area contributed by atoms with E-state index in [0.717, 1.165) is 13.1 Å². The highest BCUT2D eigenvalue weighted by Gasteiger charge is 2.31. The quantitative estimate of drug-likeness (QED) is 0.651. The highest BCUT2D eigenvalue weighted by atomic mass is 15.0. The molecule has 0 spiro atoms. The molecule has 0 aromatic carbocycles. The summed E-state index contributed by atoms with van der Waals surface area (Å²) < 4.78 is 0. The third-order valence-electron chi connectivity index (χ3n) is 4.74. The second kappa shape index (κ2) is 7.64. The molecule has 1 rings (SSSR count). The minimum atomic E-state index is 0.438. The lowest BCUT2D eigenvalue weighted by Gasteiger charge is -2.40. The lowest BCUT2D eigenvalue weighted by Crippen LogP contribution is -2.52. The standard InChI is InChI=1S/C17H36N2/c1-6-7-8-10-16(2,3)14-18-13-15-17(4,5)11-9-12-19-15/h15,18-19H,6-14H2,1-5H3. The SMILES string of the molecule is CCCCCC(C)(C)CNCC1NCCCC1(C)C. The van der Waals surface area contributed by atoms with Gasteiger partial charge in [0, 0.05) is 19.1 Å². The van der Waals surface area contributed by atoms with E-state index in [1.54, 1.807) is 0 Å². The van der Waals surface area contributed by atoms with Crippen LogP contribution in [0.3, 0.4) is 0 Å². The fourth-order valence-electron chi connectivity index (χ4n) is 3.12. The monoisotopic (exact) mass is 268 g/mol. The Hall–Kier alpha value is -0.0800. The van der Waals surface area contributed by atoms with Crippen molar-refractivity contribution in [3.8, 4) is 0 Å². The summed E-state index contributed by atoms with van der Waals surface area (Å²) in [5.74, 6) is 0. The van der Waals surface area contributed by atoms with Gasteiger partial charge >= 0.3 is 0 Å². The molecular weight excluding hydrogens is 232 g/mol. The molecule has 0 aromatic heterocycles. The lowest BCUT2D eigenvalue weighted by molar-refractivity contribution is 0.170. The van der Waals surface area contributed by atoms with E-state index in [2.05, 4.69) is 45.3 Å². The molecule has 19 heavy (non-hydrogen) atoms. The highest BCUT2D eigenvalue weighted by Crippen LogP contribution is 2.30. The molecule has 0 saturated carbocycles. The first-order chi connectivity index (χ1) is 8.87. The van der Waals surface area contributed by atoms with Crippen LogP contribution in [-0.2, 0) is 0 Å². The second-order valence-corrected chi connectivity index (χ2v) is 7.85. The molecular formula is C17H36N2. The van der Waals surface area contributed by atoms with Gasteiger partial charge < -0.3 is 10.6 Å². The van der Waals surface area contributed by atoms with Gasteiger partial charge in [0.25, 0.3) is 0 Å². The summed E-state index contributed by atoms with van der Waals surface area (Å²) in [5, 5.41) is 7.40. The summed E-state index contributed by atoms with van der Waals surface area (Å²) in [6, 6.07) is 0.632. The van der Waals surface area contributed by atoms with Crippen molar-refractivity contribution in [3.63, 3.8) is 0 Å². The van der Waals surface area contributed by atoms with Gasteiger partial charge in [-0.25, -0.2) is 0 Å². The van der Waals surface area contributed by atoms with Gasteiger partial charge in [-0.1, -0.05) is 53.9 Å². The smallest absolute Gasteiger partial charge is 0.0243 e. The van der Waals surface area contributed by atoms with Crippen LogP contribution in [0.2, 0.25) is 0 Å². The molecule has 0 aliphatic carbocycles. The van der Waals surface area contributed by atoms with Crippen LogP contribution in [0, 0.1) is 10.8 Å². The molecule has 2 nitrogen and oxygen atoms in total. The molecule has 1 unspecified atom stereocenters. The first kappa shape index (κ1) is 17.0. The van der Waals surface area contributed by atoms with Crippen molar-refractivity contribution < 1.29 is 0 Å². The van der Waals surface area contributed by atoms with E-state index < -0.39 is 0 Å². The zero-order chi connectivity index (χ0) is 14.4. The Morgan fingerprint density at radius 2 is 2.00 bits per heavy atom. The topological polar surface area (TPSA) is 24.1 Å². The maximum atomic E-state index is 3.72. The number of piperidine rings is 1. The average Bonchev–Trinajstić information content (AvgIpc) is 2.31. The molecule has 2 heteroatoms. The molecule has 0 aromatic rings. The van der Waals surface area contributed by atoms with Crippen LogP contribution in [0.1, 0.15) is 73.1 Å². The van der Waals surface area contributed by atoms with Crippen molar-refractivity contribution >= 4 is 0 Å². The zero-order valence-corrected chi connectivity index (χ0v) is 13.9. The van der Waals surface area contributed by atoms with Gasteiger partial charge in [-0.05, 0) is 36.6 Å². The predicted octanol–water partition coefficient (Wildman–Crippen LogP) is 3.96. The van der Waals surface area contributed by atoms with Crippen LogP contribution in [0.5, 0.6) is 0 Å². The van der Waals surface area contributed by atoms with E-state index in [4.69, 9.17) is 0 Å². The van der Waals surface area contributed by atoms with E-state index in [-0.39, 0.29) is 0 Å². The summed E-state index contributed by atoms with van der Waals surface area (Å²) in [6.45, 7) is 15.3. The third-order valence-corrected chi connectivity index (χ3v) is 4.74. The van der Waals surface area contributed by atoms with Crippen molar-refractivity contribution in [2.75, 3.05) is 19.6 Å². The molecule has 1 heterocycles. The van der Waals surface area contributed by atoms with Crippen LogP contribution in [0.4, 0.5) is 0 Å². The van der Waals surface area contributed by atoms with Crippen LogP contribution >= 0.6 is 0 Å². The minimum absolute atomic E-state index is 0.438. The van der Waals surface area contributed by atoms with Crippen LogP contribution in [0.15, 0.2) is 0 Å². The largest absolute Gasteiger partial charge is 0.315 e. The molecule has 0 amide bonds. The van der Waals surface area contributed by atoms with Crippen molar-refractivity contribution in [3.05, 3.63) is 0 Å². The van der Waals surface area contributed by atoms with Gasteiger partial charge in [-0.3, -0.25) is 0 Å². The van der Waals surface area contributed by atoms with Crippen molar-refractivity contribution in [2.24, 2.45) is 10.8 Å². The Labute approximate surface area is 121 Å². The Morgan fingerprint density at radius 1 is 1.26 bits per heavy atom. The maximum absolute atomic E-state index is 3.72. The van der Waals surface area contributed by atoms with E-state index in [9.17, 15) is 0 Å². The predicted molar refractivity (Wildman–Crippen MR) is 85.6 cm³/mol. The van der Waals surface area contributed by atoms with E-state index in [1.807, 2.05) is 0 Å². The summed E-state index contributed by atoms with van der Waals surface area (Å²) >= 11 is 0. The first-order valence-corrected chi connectivity index (χ1v) is 8.31. The Bertz CT molecular complexity index is 246. The van der Waals surface area contributed by atoms with Gasteiger partial charge in [0.15, 0.2) is 0 Å². The maximum Gasteiger partial charge on any atom is 0.0243 e. The number of rotatable bonds is 8. The number of hydrogen-bond donors (Lipinski definition) is 2. The van der Waals surface area contributed by atoms with E-state index in [0.29, 0.717) is 16.9 Å². The van der Waals surface area contributed by atoms with Gasteiger partial charge in [-0.15, -0.1) is 0 Å². The normalized spacial score (nSPS) is 23.5. The fourth-order valence-corrected chi connectivity index (χ4v) is 3.12. The zero-order valence-electron chi connectivity index (χ0n) is 13.9. The molecule has 1 fully saturated rings. The number of hydrogen-bond acceptors (Lipinski definition) is 2. The van der Waals surface area contributed by atoms with Gasteiger partial charge in [0.05, 0.1) is 0 Å². The number of nitrogens with one attached hydrogen (secondary N) is 2. The Balaban J connectivity index is 2.24. The van der Waals surface area contributed by atoms with Gasteiger partial charge in [0.1, 0.15) is 0 Å². The molecule has 2 N–H and O–H groups in total. The molecule has 1 aliphatic rings. The lowest BCUT2D eigenvalue weighted by atomic mass is 9.77. The molecule has 1 atom stereocenters. The molecule has 114 valence electrons. The van der Waals surface area contributed by atoms with Crippen LogP contribution in [0.25, 0.3) is 0 Å². The Morgan fingerprint density at radius 3 is 2.63 bits per heavy atom. The van der Waals surface area contributed by atoms with Gasteiger partial charge in [-0.2, -0.15) is 0 Å². The number of unbranched alkanes of at least 4 members (excludes halogenated alkanes) is 2. The highest BCUT2D eigenvalue weighted by molar-refractivity contribution is 4.90. The van der Waals surface area contributed by atoms with Crippen molar-refractivity contribution in [1.82, 2.24) is 10.6 Å². The first-order valence-electron chi connectivity index (χ1n) is 8.31. The molecule has 1 saturated heterocycles. The average molecular weight is 268 g/mol. The van der Waals surface area contributed by atoms with Crippen LogP contribution < -0.4 is 10.6 Å². The Kier molecular flexibility index (Phi) is 6.82. The molecule has 0 bridgehead atoms. The van der Waals surface area contributed by atoms with E-state index >= 15 is 0 Å².